The molecule has 2 aromatic rings. The van der Waals surface area contributed by atoms with Crippen molar-refractivity contribution in [3.63, 3.8) is 0 Å². The molecule has 0 radical (unpaired) electrons. The van der Waals surface area contributed by atoms with Gasteiger partial charge in [-0.05, 0) is 31.2 Å². The molecule has 1 aliphatic rings. The molecule has 0 aliphatic carbocycles. The van der Waals surface area contributed by atoms with E-state index in [4.69, 9.17) is 20.8 Å². The monoisotopic (exact) mass is 391 g/mol. The van der Waals surface area contributed by atoms with E-state index in [2.05, 4.69) is 10.3 Å². The van der Waals surface area contributed by atoms with Crippen LogP contribution in [0.4, 0.5) is 5.82 Å². The van der Waals surface area contributed by atoms with Crippen LogP contribution in [0.2, 0.25) is 5.02 Å². The third-order valence-corrected chi connectivity index (χ3v) is 4.34. The van der Waals surface area contributed by atoms with E-state index >= 15 is 0 Å². The highest BCUT2D eigenvalue weighted by atomic mass is 35.5. The summed E-state index contributed by atoms with van der Waals surface area (Å²) in [4.78, 5) is 42.0. The molecule has 2 atom stereocenters. The summed E-state index contributed by atoms with van der Waals surface area (Å²) < 4.78 is 10.4. The van der Waals surface area contributed by atoms with Crippen LogP contribution in [0.1, 0.15) is 19.1 Å². The lowest BCUT2D eigenvalue weighted by atomic mass is 10.1. The molecule has 27 heavy (non-hydrogen) atoms. The van der Waals surface area contributed by atoms with Gasteiger partial charge in [-0.25, -0.2) is 4.98 Å². The highest BCUT2D eigenvalue weighted by Crippen LogP contribution is 2.22. The van der Waals surface area contributed by atoms with Crippen LogP contribution in [0.15, 0.2) is 41.1 Å². The Hall–Kier alpha value is -2.87. The molecule has 1 N–H and O–H groups in total. The van der Waals surface area contributed by atoms with Gasteiger partial charge >= 0.3 is 5.97 Å². The van der Waals surface area contributed by atoms with E-state index in [1.165, 1.54) is 30.4 Å². The number of rotatable bonds is 6. The number of amides is 2. The number of nitrogens with zero attached hydrogens (tertiary/aromatic N) is 2. The first-order chi connectivity index (χ1) is 12.9. The number of carbonyl (C=O) groups excluding carboxylic acids is 3. The van der Waals surface area contributed by atoms with Gasteiger partial charge in [-0.1, -0.05) is 11.6 Å². The molecule has 9 heteroatoms. The molecule has 3 heterocycles. The van der Waals surface area contributed by atoms with Gasteiger partial charge in [-0.3, -0.25) is 14.4 Å². The number of ether oxygens (including phenoxy) is 1. The Morgan fingerprint density at radius 3 is 2.93 bits per heavy atom. The van der Waals surface area contributed by atoms with Crippen LogP contribution in [-0.4, -0.2) is 40.3 Å². The van der Waals surface area contributed by atoms with Crippen molar-refractivity contribution < 1.29 is 23.5 Å². The lowest BCUT2D eigenvalue weighted by molar-refractivity contribution is -0.157. The van der Waals surface area contributed by atoms with Gasteiger partial charge in [0.2, 0.25) is 5.91 Å². The van der Waals surface area contributed by atoms with Gasteiger partial charge in [-0.2, -0.15) is 0 Å². The minimum atomic E-state index is -1.02. The minimum absolute atomic E-state index is 0.0482. The smallest absolute Gasteiger partial charge is 0.312 e. The highest BCUT2D eigenvalue weighted by molar-refractivity contribution is 6.30. The summed E-state index contributed by atoms with van der Waals surface area (Å²) in [6, 6.07) is 6.61. The zero-order valence-electron chi connectivity index (χ0n) is 14.6. The summed E-state index contributed by atoms with van der Waals surface area (Å²) in [6.07, 6.45) is 1.94. The third kappa shape index (κ3) is 4.85. The molecule has 1 fully saturated rings. The molecule has 0 saturated carbocycles. The molecule has 0 aromatic carbocycles. The van der Waals surface area contributed by atoms with E-state index < -0.39 is 23.9 Å². The highest BCUT2D eigenvalue weighted by Gasteiger charge is 2.36. The number of pyridine rings is 1. The third-order valence-electron chi connectivity index (χ3n) is 4.12. The molecule has 2 aromatic heterocycles. The van der Waals surface area contributed by atoms with Gasteiger partial charge in [0.1, 0.15) is 11.6 Å². The average Bonchev–Trinajstić information content (AvgIpc) is 3.27. The van der Waals surface area contributed by atoms with Crippen LogP contribution < -0.4 is 5.32 Å². The second-order valence-corrected chi connectivity index (χ2v) is 6.62. The molecule has 2 amide bonds. The van der Waals surface area contributed by atoms with Gasteiger partial charge < -0.3 is 19.4 Å². The fourth-order valence-corrected chi connectivity index (χ4v) is 2.79. The number of halogens is 1. The van der Waals surface area contributed by atoms with Crippen LogP contribution in [0.25, 0.3) is 0 Å². The SMILES string of the molecule is C[C@@H](OC(=O)[C@H]1CC(=O)N(Cc2ccco2)C1)C(=O)Nc1ccc(Cl)cn1. The average molecular weight is 392 g/mol. The van der Waals surface area contributed by atoms with Crippen LogP contribution >= 0.6 is 11.6 Å². The fraction of sp³-hybridized carbons (Fsp3) is 0.333. The molecule has 1 aliphatic heterocycles. The van der Waals surface area contributed by atoms with Crippen molar-refractivity contribution in [1.29, 1.82) is 0 Å². The zero-order valence-corrected chi connectivity index (χ0v) is 15.3. The number of aromatic nitrogens is 1. The first-order valence-corrected chi connectivity index (χ1v) is 8.73. The van der Waals surface area contributed by atoms with E-state index in [9.17, 15) is 14.4 Å². The predicted octanol–water partition coefficient (Wildman–Crippen LogP) is 2.25. The number of carbonyl (C=O) groups is 3. The van der Waals surface area contributed by atoms with Gasteiger partial charge in [0, 0.05) is 19.2 Å². The molecule has 8 nitrogen and oxygen atoms in total. The summed E-state index contributed by atoms with van der Waals surface area (Å²) >= 11 is 5.74. The first kappa shape index (κ1) is 18.9. The van der Waals surface area contributed by atoms with Crippen molar-refractivity contribution in [3.05, 3.63) is 47.5 Å². The van der Waals surface area contributed by atoms with Gasteiger partial charge in [0.15, 0.2) is 6.10 Å². The molecule has 142 valence electrons. The normalized spacial score (nSPS) is 17.6. The molecular formula is C18H18ClN3O5. The van der Waals surface area contributed by atoms with Crippen molar-refractivity contribution in [2.45, 2.75) is 26.0 Å². The lowest BCUT2D eigenvalue weighted by Gasteiger charge is -2.17. The molecule has 0 unspecified atom stereocenters. The largest absolute Gasteiger partial charge is 0.467 e. The quantitative estimate of drug-likeness (QED) is 0.758. The van der Waals surface area contributed by atoms with E-state index in [0.717, 1.165) is 0 Å². The molecule has 0 spiro atoms. The Bertz CT molecular complexity index is 822. The van der Waals surface area contributed by atoms with Gasteiger partial charge in [0.25, 0.3) is 5.91 Å². The summed E-state index contributed by atoms with van der Waals surface area (Å²) in [5.74, 6) is -0.937. The summed E-state index contributed by atoms with van der Waals surface area (Å²) in [6.45, 7) is 1.99. The second kappa shape index (κ2) is 8.22. The second-order valence-electron chi connectivity index (χ2n) is 6.18. The van der Waals surface area contributed by atoms with Crippen molar-refractivity contribution in [3.8, 4) is 0 Å². The van der Waals surface area contributed by atoms with Crippen molar-refractivity contribution >= 4 is 35.2 Å². The number of esters is 1. The predicted molar refractivity (Wildman–Crippen MR) is 95.7 cm³/mol. The number of anilines is 1. The van der Waals surface area contributed by atoms with Crippen molar-refractivity contribution in [1.82, 2.24) is 9.88 Å². The zero-order chi connectivity index (χ0) is 19.4. The maximum atomic E-state index is 12.3. The Kier molecular flexibility index (Phi) is 5.75. The van der Waals surface area contributed by atoms with E-state index in [0.29, 0.717) is 23.1 Å². The maximum absolute atomic E-state index is 12.3. The Morgan fingerprint density at radius 2 is 2.26 bits per heavy atom. The molecular weight excluding hydrogens is 374 g/mol. The van der Waals surface area contributed by atoms with E-state index in [1.54, 1.807) is 18.2 Å². The topological polar surface area (TPSA) is 102 Å². The van der Waals surface area contributed by atoms with Gasteiger partial charge in [0.05, 0.1) is 23.7 Å². The Labute approximate surface area is 160 Å². The fourth-order valence-electron chi connectivity index (χ4n) is 2.68. The van der Waals surface area contributed by atoms with E-state index in [1.807, 2.05) is 0 Å². The summed E-state index contributed by atoms with van der Waals surface area (Å²) in [7, 11) is 0. The van der Waals surface area contributed by atoms with Crippen LogP contribution in [0.3, 0.4) is 0 Å². The van der Waals surface area contributed by atoms with Crippen molar-refractivity contribution in [2.24, 2.45) is 5.92 Å². The Balaban J connectivity index is 1.51. The number of nitrogens with one attached hydrogen (secondary N) is 1. The number of furan rings is 1. The standard InChI is InChI=1S/C18H18ClN3O5/c1-11(17(24)21-15-5-4-13(19)8-20-15)27-18(25)12-7-16(23)22(9-12)10-14-3-2-6-26-14/h2-6,8,11-12H,7,9-10H2,1H3,(H,20,21,24)/t11-,12+/m1/s1. The molecule has 3 rings (SSSR count). The van der Waals surface area contributed by atoms with Crippen LogP contribution in [-0.2, 0) is 25.7 Å². The van der Waals surface area contributed by atoms with Crippen LogP contribution in [0, 0.1) is 5.92 Å². The number of hydrogen-bond acceptors (Lipinski definition) is 6. The minimum Gasteiger partial charge on any atom is -0.467 e. The van der Waals surface area contributed by atoms with Crippen LogP contribution in [0.5, 0.6) is 0 Å². The van der Waals surface area contributed by atoms with E-state index in [-0.39, 0.29) is 18.9 Å². The summed E-state index contributed by atoms with van der Waals surface area (Å²) in [5, 5.41) is 2.98. The number of likely N-dealkylation sites (tertiary alicyclic amines) is 1. The molecule has 1 saturated heterocycles. The molecule has 0 bridgehead atoms. The maximum Gasteiger partial charge on any atom is 0.312 e. The summed E-state index contributed by atoms with van der Waals surface area (Å²) in [5.41, 5.74) is 0. The first-order valence-electron chi connectivity index (χ1n) is 8.35. The Morgan fingerprint density at radius 1 is 1.44 bits per heavy atom. The number of hydrogen-bond donors (Lipinski definition) is 1. The lowest BCUT2D eigenvalue weighted by Crippen LogP contribution is -2.33. The van der Waals surface area contributed by atoms with Gasteiger partial charge in [-0.15, -0.1) is 0 Å². The van der Waals surface area contributed by atoms with Crippen molar-refractivity contribution in [2.75, 3.05) is 11.9 Å².